The Balaban J connectivity index is 1.96. The van der Waals surface area contributed by atoms with Gasteiger partial charge in [-0.3, -0.25) is 4.79 Å². The highest BCUT2D eigenvalue weighted by Crippen LogP contribution is 2.37. The van der Waals surface area contributed by atoms with Crippen LogP contribution in [0.2, 0.25) is 0 Å². The summed E-state index contributed by atoms with van der Waals surface area (Å²) >= 11 is 0. The van der Waals surface area contributed by atoms with Crippen LogP contribution in [-0.2, 0) is 4.79 Å². The minimum atomic E-state index is -0.776. The highest BCUT2D eigenvalue weighted by atomic mass is 16.4. The predicted molar refractivity (Wildman–Crippen MR) is 78.5 cm³/mol. The third-order valence-corrected chi connectivity index (χ3v) is 5.02. The quantitative estimate of drug-likeness (QED) is 0.320. The summed E-state index contributed by atoms with van der Waals surface area (Å²) in [4.78, 5) is 12.6. The first-order valence-corrected chi connectivity index (χ1v) is 7.95. The Hall–Kier alpha value is -1.26. The lowest BCUT2D eigenvalue weighted by molar-refractivity contribution is -0.129. The molecule has 5 nitrogen and oxygen atoms in total. The van der Waals surface area contributed by atoms with Gasteiger partial charge in [-0.1, -0.05) is 43.7 Å². The Morgan fingerprint density at radius 3 is 2.35 bits per heavy atom. The van der Waals surface area contributed by atoms with Gasteiger partial charge in [-0.05, 0) is 31.6 Å². The molecule has 0 aromatic rings. The lowest BCUT2D eigenvalue weighted by Gasteiger charge is -2.35. The fraction of sp³-hybridized carbons (Fsp3) is 0.867. The van der Waals surface area contributed by atoms with E-state index in [-0.39, 0.29) is 11.7 Å². The summed E-state index contributed by atoms with van der Waals surface area (Å²) in [6, 6.07) is 0. The first-order valence-electron chi connectivity index (χ1n) is 7.95. The SMILES string of the molecule is NC(=NO)C1(C(=O)NCC2CCCCC2)CCCCC1. The number of nitrogens with two attached hydrogens (primary N) is 1. The van der Waals surface area contributed by atoms with Gasteiger partial charge >= 0.3 is 0 Å². The maximum atomic E-state index is 12.6. The number of nitrogens with one attached hydrogen (secondary N) is 1. The topological polar surface area (TPSA) is 87.7 Å². The standard InChI is InChI=1S/C15H27N3O2/c16-13(18-20)15(9-5-2-6-10-15)14(19)17-11-12-7-3-1-4-8-12/h12,20H,1-11H2,(H2,16,18)(H,17,19). The molecule has 0 radical (unpaired) electrons. The maximum Gasteiger partial charge on any atom is 0.233 e. The first kappa shape index (κ1) is 15.1. The number of oxime groups is 1. The van der Waals surface area contributed by atoms with Crippen LogP contribution >= 0.6 is 0 Å². The van der Waals surface area contributed by atoms with E-state index < -0.39 is 5.41 Å². The number of hydrogen-bond donors (Lipinski definition) is 3. The molecule has 114 valence electrons. The molecule has 4 N–H and O–H groups in total. The van der Waals surface area contributed by atoms with E-state index in [2.05, 4.69) is 10.5 Å². The summed E-state index contributed by atoms with van der Waals surface area (Å²) < 4.78 is 0. The zero-order valence-electron chi connectivity index (χ0n) is 12.2. The van der Waals surface area contributed by atoms with Gasteiger partial charge in [0.25, 0.3) is 0 Å². The molecule has 1 amide bonds. The lowest BCUT2D eigenvalue weighted by Crippen LogP contribution is -2.51. The molecule has 0 atom stereocenters. The molecule has 20 heavy (non-hydrogen) atoms. The monoisotopic (exact) mass is 281 g/mol. The van der Waals surface area contributed by atoms with Crippen LogP contribution in [0.15, 0.2) is 5.16 Å². The molecule has 2 rings (SSSR count). The van der Waals surface area contributed by atoms with Gasteiger partial charge in [0.15, 0.2) is 5.84 Å². The minimum absolute atomic E-state index is 0.0435. The van der Waals surface area contributed by atoms with E-state index in [1.165, 1.54) is 32.1 Å². The van der Waals surface area contributed by atoms with Crippen LogP contribution in [0.25, 0.3) is 0 Å². The average Bonchev–Trinajstić information content (AvgIpc) is 2.53. The van der Waals surface area contributed by atoms with Crippen molar-refractivity contribution >= 4 is 11.7 Å². The maximum absolute atomic E-state index is 12.6. The van der Waals surface area contributed by atoms with Crippen molar-refractivity contribution in [2.45, 2.75) is 64.2 Å². The Bertz CT molecular complexity index is 356. The van der Waals surface area contributed by atoms with E-state index in [1.54, 1.807) is 0 Å². The van der Waals surface area contributed by atoms with Gasteiger partial charge in [0.1, 0.15) is 5.41 Å². The van der Waals surface area contributed by atoms with E-state index in [0.717, 1.165) is 25.8 Å². The highest BCUT2D eigenvalue weighted by molar-refractivity contribution is 6.06. The fourth-order valence-corrected chi connectivity index (χ4v) is 3.65. The number of amides is 1. The molecule has 0 aromatic carbocycles. The third-order valence-electron chi connectivity index (χ3n) is 5.02. The second-order valence-electron chi connectivity index (χ2n) is 6.34. The largest absolute Gasteiger partial charge is 0.409 e. The molecule has 0 bridgehead atoms. The molecule has 0 saturated heterocycles. The van der Waals surface area contributed by atoms with Crippen molar-refractivity contribution in [1.29, 1.82) is 0 Å². The Labute approximate surface area is 121 Å². The van der Waals surface area contributed by atoms with Gasteiger partial charge in [0.05, 0.1) is 0 Å². The molecule has 2 fully saturated rings. The van der Waals surface area contributed by atoms with E-state index in [9.17, 15) is 4.79 Å². The molecule has 2 aliphatic carbocycles. The molecular weight excluding hydrogens is 254 g/mol. The molecule has 0 unspecified atom stereocenters. The molecule has 2 saturated carbocycles. The number of nitrogens with zero attached hydrogens (tertiary/aromatic N) is 1. The summed E-state index contributed by atoms with van der Waals surface area (Å²) in [6.07, 6.45) is 10.7. The van der Waals surface area contributed by atoms with Crippen molar-refractivity contribution in [1.82, 2.24) is 5.32 Å². The van der Waals surface area contributed by atoms with Crippen molar-refractivity contribution in [3.05, 3.63) is 0 Å². The van der Waals surface area contributed by atoms with Crippen molar-refractivity contribution < 1.29 is 10.0 Å². The van der Waals surface area contributed by atoms with Crippen LogP contribution in [0, 0.1) is 11.3 Å². The van der Waals surface area contributed by atoms with Gasteiger partial charge in [0, 0.05) is 6.54 Å². The number of rotatable bonds is 4. The third kappa shape index (κ3) is 3.25. The predicted octanol–water partition coefficient (Wildman–Crippen LogP) is 2.38. The van der Waals surface area contributed by atoms with Gasteiger partial charge in [-0.25, -0.2) is 0 Å². The summed E-state index contributed by atoms with van der Waals surface area (Å²) in [6.45, 7) is 0.735. The summed E-state index contributed by atoms with van der Waals surface area (Å²) in [5.74, 6) is 0.636. The number of amidine groups is 1. The van der Waals surface area contributed by atoms with Crippen LogP contribution in [0.3, 0.4) is 0 Å². The molecule has 2 aliphatic rings. The van der Waals surface area contributed by atoms with Crippen LogP contribution < -0.4 is 11.1 Å². The van der Waals surface area contributed by atoms with Gasteiger partial charge in [-0.2, -0.15) is 0 Å². The van der Waals surface area contributed by atoms with Crippen molar-refractivity contribution in [3.8, 4) is 0 Å². The van der Waals surface area contributed by atoms with Crippen LogP contribution in [0.1, 0.15) is 64.2 Å². The Kier molecular flexibility index (Phi) is 5.26. The average molecular weight is 281 g/mol. The second-order valence-corrected chi connectivity index (χ2v) is 6.34. The highest BCUT2D eigenvalue weighted by Gasteiger charge is 2.43. The van der Waals surface area contributed by atoms with Crippen LogP contribution in [0.5, 0.6) is 0 Å². The van der Waals surface area contributed by atoms with Crippen molar-refractivity contribution in [3.63, 3.8) is 0 Å². The normalized spacial score (nSPS) is 24.3. The van der Waals surface area contributed by atoms with E-state index in [1.807, 2.05) is 0 Å². The number of carbonyl (C=O) groups excluding carboxylic acids is 1. The van der Waals surface area contributed by atoms with E-state index >= 15 is 0 Å². The van der Waals surface area contributed by atoms with E-state index in [4.69, 9.17) is 10.9 Å². The second kappa shape index (κ2) is 6.95. The fourth-order valence-electron chi connectivity index (χ4n) is 3.65. The van der Waals surface area contributed by atoms with Gasteiger partial charge in [-0.15, -0.1) is 0 Å². The van der Waals surface area contributed by atoms with Crippen LogP contribution in [-0.4, -0.2) is 23.5 Å². The van der Waals surface area contributed by atoms with Gasteiger partial charge < -0.3 is 16.3 Å². The molecule has 5 heteroatoms. The van der Waals surface area contributed by atoms with Crippen molar-refractivity contribution in [2.24, 2.45) is 22.2 Å². The van der Waals surface area contributed by atoms with Crippen molar-refractivity contribution in [2.75, 3.05) is 6.54 Å². The number of hydrogen-bond acceptors (Lipinski definition) is 3. The zero-order chi connectivity index (χ0) is 14.4. The summed E-state index contributed by atoms with van der Waals surface area (Å²) in [5.41, 5.74) is 5.06. The molecule has 0 spiro atoms. The van der Waals surface area contributed by atoms with E-state index in [0.29, 0.717) is 18.8 Å². The Morgan fingerprint density at radius 1 is 1.15 bits per heavy atom. The molecule has 0 aromatic heterocycles. The smallest absolute Gasteiger partial charge is 0.233 e. The summed E-state index contributed by atoms with van der Waals surface area (Å²) in [5, 5.41) is 15.2. The van der Waals surface area contributed by atoms with Gasteiger partial charge in [0.2, 0.25) is 5.91 Å². The summed E-state index contributed by atoms with van der Waals surface area (Å²) in [7, 11) is 0. The minimum Gasteiger partial charge on any atom is -0.409 e. The molecule has 0 heterocycles. The molecule has 0 aliphatic heterocycles. The Morgan fingerprint density at radius 2 is 1.75 bits per heavy atom. The zero-order valence-corrected chi connectivity index (χ0v) is 12.2. The van der Waals surface area contributed by atoms with Crippen LogP contribution in [0.4, 0.5) is 0 Å². The first-order chi connectivity index (χ1) is 9.69. The number of carbonyl (C=O) groups is 1. The molecular formula is C15H27N3O2. The lowest BCUT2D eigenvalue weighted by atomic mass is 9.72.